The molecule has 3 aromatic rings. The number of carbonyl (C=O) groups is 1. The Hall–Kier alpha value is -2.38. The van der Waals surface area contributed by atoms with Crippen molar-refractivity contribution in [1.82, 2.24) is 20.2 Å². The standard InChI is InChI=1S/C22H26Cl2N6O/c1-2-4-19(28-17-9-15(23)8-16(24)10-17)20(31)7-14-5-3-6-30(12-14)22-18-11-27-29-21(18)25-13-26-22/h8-11,13-14,19,28H,2-7,12H2,1H3,(H,25,26,27,29)/t14-,19+/m0/s1. The Kier molecular flexibility index (Phi) is 6.92. The summed E-state index contributed by atoms with van der Waals surface area (Å²) >= 11 is 12.2. The summed E-state index contributed by atoms with van der Waals surface area (Å²) < 4.78 is 0. The first-order valence-corrected chi connectivity index (χ1v) is 11.4. The van der Waals surface area contributed by atoms with E-state index in [1.165, 1.54) is 0 Å². The van der Waals surface area contributed by atoms with Crippen molar-refractivity contribution in [1.29, 1.82) is 0 Å². The number of benzene rings is 1. The molecular weight excluding hydrogens is 435 g/mol. The van der Waals surface area contributed by atoms with Gasteiger partial charge in [-0.2, -0.15) is 5.10 Å². The van der Waals surface area contributed by atoms with E-state index in [0.29, 0.717) is 16.5 Å². The van der Waals surface area contributed by atoms with E-state index in [9.17, 15) is 4.79 Å². The smallest absolute Gasteiger partial charge is 0.160 e. The highest BCUT2D eigenvalue weighted by molar-refractivity contribution is 6.35. The van der Waals surface area contributed by atoms with E-state index in [0.717, 1.165) is 61.3 Å². The minimum Gasteiger partial charge on any atom is -0.375 e. The quantitative estimate of drug-likeness (QED) is 0.485. The number of fused-ring (bicyclic) bond motifs is 1. The van der Waals surface area contributed by atoms with Crippen LogP contribution in [0.3, 0.4) is 0 Å². The van der Waals surface area contributed by atoms with Gasteiger partial charge in [0.2, 0.25) is 0 Å². The predicted molar refractivity (Wildman–Crippen MR) is 125 cm³/mol. The second kappa shape index (κ2) is 9.83. The van der Waals surface area contributed by atoms with Gasteiger partial charge in [-0.15, -0.1) is 0 Å². The summed E-state index contributed by atoms with van der Waals surface area (Å²) in [6, 6.07) is 5.04. The molecular formula is C22H26Cl2N6O. The van der Waals surface area contributed by atoms with Crippen LogP contribution in [0.1, 0.15) is 39.0 Å². The van der Waals surface area contributed by atoms with Crippen LogP contribution in [0.5, 0.6) is 0 Å². The molecule has 1 aliphatic heterocycles. The van der Waals surface area contributed by atoms with Gasteiger partial charge in [-0.25, -0.2) is 9.97 Å². The largest absolute Gasteiger partial charge is 0.375 e. The topological polar surface area (TPSA) is 86.8 Å². The van der Waals surface area contributed by atoms with Gasteiger partial charge in [0.1, 0.15) is 12.1 Å². The van der Waals surface area contributed by atoms with Crippen molar-refractivity contribution in [2.24, 2.45) is 5.92 Å². The molecule has 4 rings (SSSR count). The number of aromatic amines is 1. The maximum absolute atomic E-state index is 13.2. The number of H-pyrrole nitrogens is 1. The van der Waals surface area contributed by atoms with Gasteiger partial charge in [0, 0.05) is 35.2 Å². The highest BCUT2D eigenvalue weighted by Crippen LogP contribution is 2.29. The molecule has 0 radical (unpaired) electrons. The summed E-state index contributed by atoms with van der Waals surface area (Å²) in [5.41, 5.74) is 1.51. The van der Waals surface area contributed by atoms with Crippen LogP contribution >= 0.6 is 23.2 Å². The molecule has 0 spiro atoms. The number of Topliss-reactive ketones (excluding diaryl/α,β-unsaturated/α-hetero) is 1. The molecule has 1 aromatic carbocycles. The van der Waals surface area contributed by atoms with E-state index < -0.39 is 0 Å². The molecule has 31 heavy (non-hydrogen) atoms. The molecule has 0 bridgehead atoms. The van der Waals surface area contributed by atoms with Crippen LogP contribution in [0, 0.1) is 5.92 Å². The van der Waals surface area contributed by atoms with Crippen LogP contribution in [0.25, 0.3) is 11.0 Å². The molecule has 0 amide bonds. The van der Waals surface area contributed by atoms with E-state index in [2.05, 4.69) is 37.3 Å². The fourth-order valence-corrected chi connectivity index (χ4v) is 4.82. The van der Waals surface area contributed by atoms with Gasteiger partial charge in [-0.1, -0.05) is 36.5 Å². The molecule has 7 nitrogen and oxygen atoms in total. The maximum atomic E-state index is 13.2. The first kappa shape index (κ1) is 21.8. The fourth-order valence-electron chi connectivity index (χ4n) is 4.30. The molecule has 0 unspecified atom stereocenters. The first-order chi connectivity index (χ1) is 15.0. The summed E-state index contributed by atoms with van der Waals surface area (Å²) in [7, 11) is 0. The lowest BCUT2D eigenvalue weighted by atomic mass is 9.89. The second-order valence-electron chi connectivity index (χ2n) is 8.10. The highest BCUT2D eigenvalue weighted by atomic mass is 35.5. The zero-order chi connectivity index (χ0) is 21.8. The minimum absolute atomic E-state index is 0.223. The Morgan fingerprint density at radius 2 is 2.10 bits per heavy atom. The van der Waals surface area contributed by atoms with Gasteiger partial charge < -0.3 is 10.2 Å². The van der Waals surface area contributed by atoms with Crippen molar-refractivity contribution in [3.05, 3.63) is 40.8 Å². The number of anilines is 2. The lowest BCUT2D eigenvalue weighted by Gasteiger charge is -2.34. The van der Waals surface area contributed by atoms with Gasteiger partial charge in [0.15, 0.2) is 11.4 Å². The number of aromatic nitrogens is 4. The summed E-state index contributed by atoms with van der Waals surface area (Å²) in [6.07, 6.45) is 7.58. The molecule has 0 saturated carbocycles. The van der Waals surface area contributed by atoms with Crippen LogP contribution in [0.4, 0.5) is 11.5 Å². The highest BCUT2D eigenvalue weighted by Gasteiger charge is 2.27. The van der Waals surface area contributed by atoms with Crippen molar-refractivity contribution in [2.45, 2.75) is 45.1 Å². The van der Waals surface area contributed by atoms with E-state index in [1.807, 2.05) is 0 Å². The third-order valence-electron chi connectivity index (χ3n) is 5.70. The number of carbonyl (C=O) groups excluding carboxylic acids is 1. The Bertz CT molecular complexity index is 1040. The molecule has 2 N–H and O–H groups in total. The van der Waals surface area contributed by atoms with Crippen molar-refractivity contribution in [3.63, 3.8) is 0 Å². The number of piperidine rings is 1. The molecule has 9 heteroatoms. The van der Waals surface area contributed by atoms with Gasteiger partial charge in [-0.05, 0) is 43.4 Å². The molecule has 164 valence electrons. The van der Waals surface area contributed by atoms with E-state index in [-0.39, 0.29) is 17.7 Å². The number of nitrogens with zero attached hydrogens (tertiary/aromatic N) is 4. The van der Waals surface area contributed by atoms with Crippen molar-refractivity contribution < 1.29 is 4.79 Å². The molecule has 1 fully saturated rings. The van der Waals surface area contributed by atoms with Crippen molar-refractivity contribution in [3.8, 4) is 0 Å². The summed E-state index contributed by atoms with van der Waals surface area (Å²) in [5.74, 6) is 1.39. The Balaban J connectivity index is 1.44. The summed E-state index contributed by atoms with van der Waals surface area (Å²) in [5, 5.41) is 12.3. The van der Waals surface area contributed by atoms with E-state index in [4.69, 9.17) is 23.2 Å². The zero-order valence-electron chi connectivity index (χ0n) is 17.4. The summed E-state index contributed by atoms with van der Waals surface area (Å²) in [4.78, 5) is 24.2. The normalized spacial score (nSPS) is 17.6. The lowest BCUT2D eigenvalue weighted by molar-refractivity contribution is -0.120. The minimum atomic E-state index is -0.255. The molecule has 3 heterocycles. The molecule has 1 saturated heterocycles. The third kappa shape index (κ3) is 5.28. The van der Waals surface area contributed by atoms with Gasteiger partial charge in [0.25, 0.3) is 0 Å². The van der Waals surface area contributed by atoms with Crippen molar-refractivity contribution >= 4 is 51.5 Å². The van der Waals surface area contributed by atoms with E-state index >= 15 is 0 Å². The summed E-state index contributed by atoms with van der Waals surface area (Å²) in [6.45, 7) is 3.80. The van der Waals surface area contributed by atoms with Gasteiger partial charge in [-0.3, -0.25) is 9.89 Å². The predicted octanol–water partition coefficient (Wildman–Crippen LogP) is 5.12. The SMILES string of the molecule is CCC[C@@H](Nc1cc(Cl)cc(Cl)c1)C(=O)C[C@@H]1CCCN(c2ncnc3[nH]ncc23)C1. The number of hydrogen-bond acceptors (Lipinski definition) is 6. The van der Waals surface area contributed by atoms with Crippen LogP contribution in [-0.2, 0) is 4.79 Å². The second-order valence-corrected chi connectivity index (χ2v) is 8.97. The fraction of sp³-hybridized carbons (Fsp3) is 0.455. The van der Waals surface area contributed by atoms with Crippen molar-refractivity contribution in [2.75, 3.05) is 23.3 Å². The first-order valence-electron chi connectivity index (χ1n) is 10.7. The van der Waals surface area contributed by atoms with Crippen LogP contribution < -0.4 is 10.2 Å². The zero-order valence-corrected chi connectivity index (χ0v) is 19.0. The van der Waals surface area contributed by atoms with Gasteiger partial charge >= 0.3 is 0 Å². The molecule has 2 atom stereocenters. The average Bonchev–Trinajstić information content (AvgIpc) is 3.22. The average molecular weight is 461 g/mol. The number of hydrogen-bond donors (Lipinski definition) is 2. The lowest BCUT2D eigenvalue weighted by Crippen LogP contribution is -2.39. The Morgan fingerprint density at radius 3 is 2.87 bits per heavy atom. The number of nitrogens with one attached hydrogen (secondary N) is 2. The van der Waals surface area contributed by atoms with Crippen LogP contribution in [0.15, 0.2) is 30.7 Å². The molecule has 1 aliphatic rings. The molecule has 0 aliphatic carbocycles. The van der Waals surface area contributed by atoms with E-state index in [1.54, 1.807) is 30.7 Å². The van der Waals surface area contributed by atoms with Crippen LogP contribution in [-0.4, -0.2) is 45.1 Å². The Morgan fingerprint density at radius 1 is 1.29 bits per heavy atom. The Labute approximate surface area is 191 Å². The van der Waals surface area contributed by atoms with Crippen LogP contribution in [0.2, 0.25) is 10.0 Å². The maximum Gasteiger partial charge on any atom is 0.160 e. The molecule has 2 aromatic heterocycles. The number of rotatable bonds is 8. The number of halogens is 2. The van der Waals surface area contributed by atoms with Gasteiger partial charge in [0.05, 0.1) is 17.6 Å². The monoisotopic (exact) mass is 460 g/mol. The number of ketones is 1. The third-order valence-corrected chi connectivity index (χ3v) is 6.14.